The zero-order chi connectivity index (χ0) is 18.0. The van der Waals surface area contributed by atoms with E-state index in [0.29, 0.717) is 17.9 Å². The van der Waals surface area contributed by atoms with Gasteiger partial charge in [0.2, 0.25) is 0 Å². The lowest BCUT2D eigenvalue weighted by molar-refractivity contribution is 0.448. The van der Waals surface area contributed by atoms with Crippen LogP contribution in [-0.4, -0.2) is 13.8 Å². The van der Waals surface area contributed by atoms with Crippen LogP contribution in [0.1, 0.15) is 22.5 Å². The Balaban J connectivity index is 1.52. The van der Waals surface area contributed by atoms with Crippen molar-refractivity contribution >= 4 is 22.0 Å². The smallest absolute Gasteiger partial charge is 0.194 e. The van der Waals surface area contributed by atoms with Crippen LogP contribution in [0, 0.1) is 0 Å². The van der Waals surface area contributed by atoms with Crippen molar-refractivity contribution in [2.45, 2.75) is 23.2 Å². The molecule has 0 amide bonds. The third-order valence-corrected chi connectivity index (χ3v) is 6.59. The predicted octanol–water partition coefficient (Wildman–Crippen LogP) is 3.90. The molecule has 0 aliphatic carbocycles. The van der Waals surface area contributed by atoms with Gasteiger partial charge in [-0.3, -0.25) is 5.32 Å². The van der Waals surface area contributed by atoms with Crippen molar-refractivity contribution in [1.82, 2.24) is 5.32 Å². The number of sulfone groups is 1. The van der Waals surface area contributed by atoms with E-state index in [1.807, 2.05) is 60.7 Å². The predicted molar refractivity (Wildman–Crippen MR) is 102 cm³/mol. The van der Waals surface area contributed by atoms with Crippen molar-refractivity contribution in [2.75, 3.05) is 0 Å². The SMILES string of the molecule is O=S(=O)(c1ccc(C=Cc2ccccc2)cc1)C1Cc2occc2CN1. The molecule has 0 saturated heterocycles. The molecule has 0 radical (unpaired) electrons. The Hall–Kier alpha value is -2.63. The molecule has 1 atom stereocenters. The Morgan fingerprint density at radius 1 is 0.923 bits per heavy atom. The van der Waals surface area contributed by atoms with Gasteiger partial charge in [-0.1, -0.05) is 54.6 Å². The number of nitrogens with one attached hydrogen (secondary N) is 1. The number of fused-ring (bicyclic) bond motifs is 1. The van der Waals surface area contributed by atoms with Crippen molar-refractivity contribution in [3.05, 3.63) is 89.4 Å². The zero-order valence-electron chi connectivity index (χ0n) is 14.1. The van der Waals surface area contributed by atoms with Crippen LogP contribution in [0.15, 0.2) is 76.2 Å². The summed E-state index contributed by atoms with van der Waals surface area (Å²) in [4.78, 5) is 0.321. The molecule has 0 saturated carbocycles. The number of hydrogen-bond acceptors (Lipinski definition) is 4. The van der Waals surface area contributed by atoms with Crippen LogP contribution in [0.3, 0.4) is 0 Å². The number of rotatable bonds is 4. The van der Waals surface area contributed by atoms with Crippen molar-refractivity contribution in [3.63, 3.8) is 0 Å². The molecule has 2 heterocycles. The molecule has 1 unspecified atom stereocenters. The molecule has 1 aromatic heterocycles. The Morgan fingerprint density at radius 2 is 1.62 bits per heavy atom. The van der Waals surface area contributed by atoms with E-state index in [1.165, 1.54) is 0 Å². The molecule has 0 spiro atoms. The van der Waals surface area contributed by atoms with Crippen LogP contribution < -0.4 is 5.32 Å². The Labute approximate surface area is 153 Å². The molecular formula is C21H19NO3S. The molecule has 132 valence electrons. The first-order valence-electron chi connectivity index (χ1n) is 8.49. The second-order valence-corrected chi connectivity index (χ2v) is 8.43. The van der Waals surface area contributed by atoms with E-state index in [9.17, 15) is 8.42 Å². The molecule has 0 bridgehead atoms. The van der Waals surface area contributed by atoms with E-state index in [1.54, 1.807) is 18.4 Å². The van der Waals surface area contributed by atoms with Crippen molar-refractivity contribution < 1.29 is 12.8 Å². The number of furan rings is 1. The molecule has 2 aromatic carbocycles. The monoisotopic (exact) mass is 365 g/mol. The lowest BCUT2D eigenvalue weighted by Gasteiger charge is -2.23. The first kappa shape index (κ1) is 16.8. The lowest BCUT2D eigenvalue weighted by atomic mass is 10.1. The van der Waals surface area contributed by atoms with Crippen LogP contribution in [0.4, 0.5) is 0 Å². The Bertz CT molecular complexity index is 1020. The normalized spacial score (nSPS) is 17.3. The van der Waals surface area contributed by atoms with Crippen LogP contribution in [-0.2, 0) is 22.8 Å². The summed E-state index contributed by atoms with van der Waals surface area (Å²) >= 11 is 0. The molecule has 1 N–H and O–H groups in total. The lowest BCUT2D eigenvalue weighted by Crippen LogP contribution is -2.41. The van der Waals surface area contributed by atoms with Gasteiger partial charge in [0.25, 0.3) is 0 Å². The highest BCUT2D eigenvalue weighted by atomic mass is 32.2. The van der Waals surface area contributed by atoms with Crippen LogP contribution >= 0.6 is 0 Å². The quantitative estimate of drug-likeness (QED) is 0.713. The second kappa shape index (κ2) is 6.94. The van der Waals surface area contributed by atoms with E-state index in [2.05, 4.69) is 5.32 Å². The maximum atomic E-state index is 12.9. The van der Waals surface area contributed by atoms with E-state index in [-0.39, 0.29) is 0 Å². The largest absolute Gasteiger partial charge is 0.469 e. The summed E-state index contributed by atoms with van der Waals surface area (Å²) in [5, 5.41) is 2.44. The highest BCUT2D eigenvalue weighted by Crippen LogP contribution is 2.24. The molecule has 5 heteroatoms. The van der Waals surface area contributed by atoms with Crippen LogP contribution in [0.25, 0.3) is 12.2 Å². The minimum absolute atomic E-state index is 0.321. The first-order chi connectivity index (χ1) is 12.6. The van der Waals surface area contributed by atoms with E-state index in [0.717, 1.165) is 22.5 Å². The summed E-state index contributed by atoms with van der Waals surface area (Å²) in [6, 6.07) is 18.8. The molecule has 4 nitrogen and oxygen atoms in total. The van der Waals surface area contributed by atoms with Crippen molar-refractivity contribution in [3.8, 4) is 0 Å². The average molecular weight is 365 g/mol. The van der Waals surface area contributed by atoms with Crippen LogP contribution in [0.5, 0.6) is 0 Å². The fraction of sp³-hybridized carbons (Fsp3) is 0.143. The fourth-order valence-electron chi connectivity index (χ4n) is 3.08. The van der Waals surface area contributed by atoms with Gasteiger partial charge in [0, 0.05) is 18.5 Å². The van der Waals surface area contributed by atoms with Crippen molar-refractivity contribution in [2.24, 2.45) is 0 Å². The second-order valence-electron chi connectivity index (χ2n) is 6.30. The molecule has 1 aliphatic heterocycles. The average Bonchev–Trinajstić information content (AvgIpc) is 3.15. The number of hydrogen-bond donors (Lipinski definition) is 1. The standard InChI is InChI=1S/C21H19NO3S/c23-26(24,21-14-20-18(15-22-21)12-13-25-20)19-10-8-17(9-11-19)7-6-16-4-2-1-3-5-16/h1-13,21-22H,14-15H2. The molecule has 0 fully saturated rings. The summed E-state index contributed by atoms with van der Waals surface area (Å²) < 4.78 is 31.2. The fourth-order valence-corrected chi connectivity index (χ4v) is 4.59. The molecule has 1 aliphatic rings. The molecule has 4 rings (SSSR count). The summed E-state index contributed by atoms with van der Waals surface area (Å²) in [5.41, 5.74) is 3.08. The summed E-state index contributed by atoms with van der Waals surface area (Å²) in [7, 11) is -3.46. The van der Waals surface area contributed by atoms with Gasteiger partial charge in [0.1, 0.15) is 11.1 Å². The maximum absolute atomic E-state index is 12.9. The van der Waals surface area contributed by atoms with Gasteiger partial charge in [-0.05, 0) is 29.3 Å². The topological polar surface area (TPSA) is 59.3 Å². The molecular weight excluding hydrogens is 346 g/mol. The summed E-state index contributed by atoms with van der Waals surface area (Å²) in [6.07, 6.45) is 5.93. The minimum Gasteiger partial charge on any atom is -0.469 e. The highest BCUT2D eigenvalue weighted by molar-refractivity contribution is 7.92. The molecule has 26 heavy (non-hydrogen) atoms. The summed E-state index contributed by atoms with van der Waals surface area (Å²) in [6.45, 7) is 0.508. The Morgan fingerprint density at radius 3 is 2.35 bits per heavy atom. The maximum Gasteiger partial charge on any atom is 0.194 e. The van der Waals surface area contributed by atoms with Crippen LogP contribution in [0.2, 0.25) is 0 Å². The van der Waals surface area contributed by atoms with Gasteiger partial charge in [-0.15, -0.1) is 0 Å². The van der Waals surface area contributed by atoms with Crippen molar-refractivity contribution in [1.29, 1.82) is 0 Å². The zero-order valence-corrected chi connectivity index (χ0v) is 14.9. The van der Waals surface area contributed by atoms with Gasteiger partial charge in [-0.2, -0.15) is 0 Å². The van der Waals surface area contributed by atoms with Gasteiger partial charge in [0.15, 0.2) is 9.84 Å². The molecule has 3 aromatic rings. The van der Waals surface area contributed by atoms with Gasteiger partial charge in [0.05, 0.1) is 11.2 Å². The minimum atomic E-state index is -3.46. The van der Waals surface area contributed by atoms with Gasteiger partial charge in [-0.25, -0.2) is 8.42 Å². The third-order valence-electron chi connectivity index (χ3n) is 4.58. The third kappa shape index (κ3) is 3.36. The first-order valence-corrected chi connectivity index (χ1v) is 10.0. The van der Waals surface area contributed by atoms with E-state index >= 15 is 0 Å². The Kier molecular flexibility index (Phi) is 4.49. The summed E-state index contributed by atoms with van der Waals surface area (Å²) in [5.74, 6) is 0.750. The number of benzene rings is 2. The highest BCUT2D eigenvalue weighted by Gasteiger charge is 2.32. The van der Waals surface area contributed by atoms with E-state index in [4.69, 9.17) is 4.42 Å². The van der Waals surface area contributed by atoms with Gasteiger partial charge < -0.3 is 4.42 Å². The van der Waals surface area contributed by atoms with Gasteiger partial charge >= 0.3 is 0 Å². The van der Waals surface area contributed by atoms with E-state index < -0.39 is 15.2 Å².